The van der Waals surface area contributed by atoms with Gasteiger partial charge in [0.2, 0.25) is 5.76 Å². The third kappa shape index (κ3) is 2.47. The lowest BCUT2D eigenvalue weighted by Crippen LogP contribution is -2.56. The summed E-state index contributed by atoms with van der Waals surface area (Å²) in [5.41, 5.74) is 0. The number of amides is 1. The van der Waals surface area contributed by atoms with Crippen molar-refractivity contribution >= 4 is 5.91 Å². The predicted molar refractivity (Wildman–Crippen MR) is 58.6 cm³/mol. The van der Waals surface area contributed by atoms with Crippen LogP contribution in [0.3, 0.4) is 0 Å². The van der Waals surface area contributed by atoms with E-state index in [0.717, 1.165) is 0 Å². The summed E-state index contributed by atoms with van der Waals surface area (Å²) in [6.07, 6.45) is 1.42. The van der Waals surface area contributed by atoms with Crippen molar-refractivity contribution in [3.8, 4) is 0 Å². The summed E-state index contributed by atoms with van der Waals surface area (Å²) in [5.74, 6) is 0.257. The van der Waals surface area contributed by atoms with Crippen molar-refractivity contribution in [3.63, 3.8) is 0 Å². The van der Waals surface area contributed by atoms with E-state index < -0.39 is 0 Å². The minimum absolute atomic E-state index is 0.0695. The summed E-state index contributed by atoms with van der Waals surface area (Å²) in [7, 11) is 0. The first-order valence-electron chi connectivity index (χ1n) is 5.66. The summed E-state index contributed by atoms with van der Waals surface area (Å²) in [5, 5.41) is 3.38. The highest BCUT2D eigenvalue weighted by Crippen LogP contribution is 2.12. The van der Waals surface area contributed by atoms with Gasteiger partial charge in [0.25, 0.3) is 5.91 Å². The Bertz CT molecular complexity index is 294. The molecule has 0 bridgehead atoms. The van der Waals surface area contributed by atoms with E-state index in [1.54, 1.807) is 0 Å². The number of hydrogen-bond acceptors (Lipinski definition) is 4. The highest BCUT2D eigenvalue weighted by Gasteiger charge is 2.28. The second kappa shape index (κ2) is 4.74. The maximum atomic E-state index is 12.1. The lowest BCUT2D eigenvalue weighted by atomic mass is 10.1. The molecule has 1 amide bonds. The molecule has 0 spiro atoms. The Balaban J connectivity index is 2.00. The van der Waals surface area contributed by atoms with Crippen LogP contribution in [0, 0.1) is 0 Å². The monoisotopic (exact) mass is 226 g/mol. The molecule has 2 unspecified atom stereocenters. The van der Waals surface area contributed by atoms with Crippen molar-refractivity contribution in [2.75, 3.05) is 26.3 Å². The molecule has 0 radical (unpaired) electrons. The van der Waals surface area contributed by atoms with E-state index in [2.05, 4.69) is 19.2 Å². The molecule has 2 aliphatic heterocycles. The van der Waals surface area contributed by atoms with Gasteiger partial charge in [0, 0.05) is 25.2 Å². The lowest BCUT2D eigenvalue weighted by Gasteiger charge is -2.36. The van der Waals surface area contributed by atoms with Crippen molar-refractivity contribution in [3.05, 3.63) is 12.0 Å². The number of ether oxygens (including phenoxy) is 2. The molecule has 1 fully saturated rings. The smallest absolute Gasteiger partial charge is 0.292 e. The molecule has 5 heteroatoms. The first-order valence-corrected chi connectivity index (χ1v) is 5.66. The van der Waals surface area contributed by atoms with Crippen molar-refractivity contribution in [1.82, 2.24) is 10.2 Å². The molecule has 16 heavy (non-hydrogen) atoms. The van der Waals surface area contributed by atoms with Crippen LogP contribution in [-0.2, 0) is 14.3 Å². The van der Waals surface area contributed by atoms with Gasteiger partial charge < -0.3 is 19.7 Å². The largest absolute Gasteiger partial charge is 0.494 e. The summed E-state index contributed by atoms with van der Waals surface area (Å²) in [6, 6.07) is 0.635. The first-order chi connectivity index (χ1) is 7.66. The van der Waals surface area contributed by atoms with Crippen LogP contribution >= 0.6 is 0 Å². The second-order valence-corrected chi connectivity index (χ2v) is 4.38. The van der Waals surface area contributed by atoms with Gasteiger partial charge in [-0.15, -0.1) is 0 Å². The van der Waals surface area contributed by atoms with Gasteiger partial charge in [0.15, 0.2) is 0 Å². The fraction of sp³-hybridized carbons (Fsp3) is 0.727. The molecule has 90 valence electrons. The van der Waals surface area contributed by atoms with E-state index >= 15 is 0 Å². The van der Waals surface area contributed by atoms with Gasteiger partial charge in [0.05, 0.1) is 0 Å². The predicted octanol–water partition coefficient (Wildman–Crippen LogP) is 0.0834. The van der Waals surface area contributed by atoms with Gasteiger partial charge in [-0.3, -0.25) is 4.79 Å². The number of rotatable bonds is 1. The van der Waals surface area contributed by atoms with Gasteiger partial charge in [0.1, 0.15) is 19.5 Å². The first kappa shape index (κ1) is 11.3. The molecule has 2 rings (SSSR count). The zero-order valence-electron chi connectivity index (χ0n) is 9.73. The van der Waals surface area contributed by atoms with Crippen molar-refractivity contribution in [1.29, 1.82) is 0 Å². The number of piperazine rings is 1. The summed E-state index contributed by atoms with van der Waals surface area (Å²) in [6.45, 7) is 6.54. The molecule has 2 atom stereocenters. The van der Waals surface area contributed by atoms with Gasteiger partial charge in [-0.05, 0) is 13.8 Å². The molecular formula is C11H18N2O3. The van der Waals surface area contributed by atoms with E-state index in [9.17, 15) is 4.79 Å². The Morgan fingerprint density at radius 3 is 2.62 bits per heavy atom. The minimum atomic E-state index is -0.0695. The van der Waals surface area contributed by atoms with Crippen LogP contribution in [0.5, 0.6) is 0 Å². The lowest BCUT2D eigenvalue weighted by molar-refractivity contribution is -0.134. The van der Waals surface area contributed by atoms with Gasteiger partial charge in [-0.25, -0.2) is 0 Å². The van der Waals surface area contributed by atoms with Crippen LogP contribution in [-0.4, -0.2) is 49.2 Å². The fourth-order valence-electron chi connectivity index (χ4n) is 2.13. The third-order valence-corrected chi connectivity index (χ3v) is 2.70. The molecule has 1 N–H and O–H groups in total. The zero-order valence-corrected chi connectivity index (χ0v) is 9.73. The fourth-order valence-corrected chi connectivity index (χ4v) is 2.13. The van der Waals surface area contributed by atoms with Crippen molar-refractivity contribution in [2.24, 2.45) is 0 Å². The van der Waals surface area contributed by atoms with E-state index in [-0.39, 0.29) is 5.91 Å². The Kier molecular flexibility index (Phi) is 3.33. The number of carbonyl (C=O) groups is 1. The summed E-state index contributed by atoms with van der Waals surface area (Å²) >= 11 is 0. The van der Waals surface area contributed by atoms with Crippen LogP contribution in [0.15, 0.2) is 12.0 Å². The number of hydrogen-bond donors (Lipinski definition) is 1. The van der Waals surface area contributed by atoms with Crippen molar-refractivity contribution < 1.29 is 14.3 Å². The second-order valence-electron chi connectivity index (χ2n) is 4.38. The van der Waals surface area contributed by atoms with Crippen LogP contribution in [0.1, 0.15) is 13.8 Å². The van der Waals surface area contributed by atoms with Crippen LogP contribution < -0.4 is 5.32 Å². The highest BCUT2D eigenvalue weighted by atomic mass is 16.6. The number of carbonyl (C=O) groups excluding carboxylic acids is 1. The Labute approximate surface area is 95.4 Å². The molecule has 2 aliphatic rings. The average Bonchev–Trinajstić information content (AvgIpc) is 2.28. The van der Waals surface area contributed by atoms with Gasteiger partial charge >= 0.3 is 0 Å². The standard InChI is InChI=1S/C11H18N2O3/c1-8-5-13(6-9(2)12-8)11(14)10-7-15-3-4-16-10/h7-9,12H,3-6H2,1-2H3. The molecule has 0 aromatic heterocycles. The normalized spacial score (nSPS) is 30.1. The average molecular weight is 226 g/mol. The van der Waals surface area contributed by atoms with Crippen LogP contribution in [0.2, 0.25) is 0 Å². The zero-order chi connectivity index (χ0) is 11.5. The van der Waals surface area contributed by atoms with Gasteiger partial charge in [-0.2, -0.15) is 0 Å². The number of nitrogens with zero attached hydrogens (tertiary/aromatic N) is 1. The van der Waals surface area contributed by atoms with Crippen molar-refractivity contribution in [2.45, 2.75) is 25.9 Å². The Hall–Kier alpha value is -1.23. The maximum absolute atomic E-state index is 12.1. The molecule has 0 saturated carbocycles. The van der Waals surface area contributed by atoms with E-state index in [4.69, 9.17) is 9.47 Å². The van der Waals surface area contributed by atoms with Crippen LogP contribution in [0.25, 0.3) is 0 Å². The Morgan fingerprint density at radius 1 is 1.38 bits per heavy atom. The topological polar surface area (TPSA) is 50.8 Å². The molecule has 1 saturated heterocycles. The third-order valence-electron chi connectivity index (χ3n) is 2.70. The Morgan fingerprint density at radius 2 is 2.06 bits per heavy atom. The van der Waals surface area contributed by atoms with Crippen LogP contribution in [0.4, 0.5) is 0 Å². The molecular weight excluding hydrogens is 208 g/mol. The molecule has 5 nitrogen and oxygen atoms in total. The molecule has 0 aromatic carbocycles. The quantitative estimate of drug-likeness (QED) is 0.688. The number of nitrogens with one attached hydrogen (secondary N) is 1. The highest BCUT2D eigenvalue weighted by molar-refractivity contribution is 5.91. The molecule has 2 heterocycles. The SMILES string of the molecule is CC1CN(C(=O)C2=COCCO2)CC(C)N1. The summed E-state index contributed by atoms with van der Waals surface area (Å²) < 4.78 is 10.4. The minimum Gasteiger partial charge on any atom is -0.494 e. The van der Waals surface area contributed by atoms with E-state index in [1.807, 2.05) is 4.90 Å². The molecule has 0 aliphatic carbocycles. The van der Waals surface area contributed by atoms with E-state index in [0.29, 0.717) is 44.1 Å². The maximum Gasteiger partial charge on any atom is 0.292 e. The van der Waals surface area contributed by atoms with E-state index in [1.165, 1.54) is 6.26 Å². The molecule has 0 aromatic rings. The summed E-state index contributed by atoms with van der Waals surface area (Å²) in [4.78, 5) is 13.9. The van der Waals surface area contributed by atoms with Gasteiger partial charge in [-0.1, -0.05) is 0 Å².